The minimum atomic E-state index is -5.52. The second kappa shape index (κ2) is 27.8. The third-order valence-corrected chi connectivity index (χ3v) is 22.0. The molecule has 6 aliphatic heterocycles. The molecule has 31 atom stereocenters. The Morgan fingerprint density at radius 2 is 1.32 bits per heavy atom. The number of esters is 2. The number of carbonyl (C=O) groups is 2. The van der Waals surface area contributed by atoms with Gasteiger partial charge in [0.05, 0.1) is 50.0 Å². The van der Waals surface area contributed by atoms with Crippen LogP contribution in [0.2, 0.25) is 0 Å². The van der Waals surface area contributed by atoms with Crippen LogP contribution in [0.4, 0.5) is 0 Å². The number of methoxy groups -OCH3 is 1. The van der Waals surface area contributed by atoms with Gasteiger partial charge in [0.2, 0.25) is 10.4 Å². The monoisotopic (exact) mass is 1330 g/mol. The van der Waals surface area contributed by atoms with Crippen LogP contribution in [-0.2, 0) is 85.8 Å². The molecule has 0 aromatic heterocycles. The zero-order chi connectivity index (χ0) is 65.7. The average Bonchev–Trinajstić information content (AvgIpc) is 1.47. The molecule has 29 unspecified atom stereocenters. The van der Waals surface area contributed by atoms with Crippen molar-refractivity contribution < 1.29 is 169 Å². The van der Waals surface area contributed by atoms with Crippen molar-refractivity contribution in [2.75, 3.05) is 33.5 Å². The summed E-state index contributed by atoms with van der Waals surface area (Å²) in [6, 6.07) is 0. The van der Waals surface area contributed by atoms with Gasteiger partial charge >= 0.3 is 41.5 Å². The van der Waals surface area contributed by atoms with Crippen LogP contribution >= 0.6 is 0 Å². The van der Waals surface area contributed by atoms with Gasteiger partial charge in [0.25, 0.3) is 0 Å². The SMILES string of the molecule is COC1C(O)COC(OC2C(O)C(CO)OC(OC3C(C)OC(OC4C(OC5CCC6(C)C7CCC89C(=O)O[C@@](C)(/C=C/C=C(C)C)C8C(OC(C)=O)C[C@@]9(C)C7=CCC6C5(C)C)OCC(OS(=O)(=O)[O-])C4O)C(OC4OCC(O)C(O)C4O)C3O)C2O)C1O.[Na+]. The van der Waals surface area contributed by atoms with Crippen molar-refractivity contribution in [3.8, 4) is 0 Å². The summed E-state index contributed by atoms with van der Waals surface area (Å²) >= 11 is 0. The first-order valence-electron chi connectivity index (χ1n) is 30.9. The summed E-state index contributed by atoms with van der Waals surface area (Å²) in [4.78, 5) is 27.6. The molecule has 91 heavy (non-hydrogen) atoms. The van der Waals surface area contributed by atoms with Crippen LogP contribution in [0.15, 0.2) is 35.5 Å². The molecule has 6 heterocycles. The van der Waals surface area contributed by atoms with Crippen molar-refractivity contribution in [2.45, 2.75) is 254 Å². The van der Waals surface area contributed by atoms with Gasteiger partial charge in [0.1, 0.15) is 109 Å². The third kappa shape index (κ3) is 13.4. The van der Waals surface area contributed by atoms with Crippen LogP contribution < -0.4 is 29.6 Å². The van der Waals surface area contributed by atoms with Gasteiger partial charge in [-0.1, -0.05) is 57.1 Å². The Bertz CT molecular complexity index is 2790. The first kappa shape index (κ1) is 73.4. The molecular weight excluding hydrogens is 1240 g/mol. The van der Waals surface area contributed by atoms with Gasteiger partial charge in [-0.2, -0.15) is 0 Å². The van der Waals surface area contributed by atoms with Gasteiger partial charge in [-0.3, -0.25) is 13.8 Å². The van der Waals surface area contributed by atoms with E-state index in [4.69, 9.17) is 65.8 Å². The molecule has 29 nitrogen and oxygen atoms in total. The number of hydrogen-bond donors (Lipinski definition) is 10. The van der Waals surface area contributed by atoms with Gasteiger partial charge in [-0.25, -0.2) is 8.42 Å². The van der Waals surface area contributed by atoms with Gasteiger partial charge in [0, 0.05) is 19.4 Å². The van der Waals surface area contributed by atoms with E-state index < -0.39 is 217 Å². The molecule has 6 saturated heterocycles. The smallest absolute Gasteiger partial charge is 0.726 e. The van der Waals surface area contributed by atoms with E-state index in [9.17, 15) is 73.6 Å². The van der Waals surface area contributed by atoms with Crippen molar-refractivity contribution in [3.05, 3.63) is 35.5 Å². The number of carbonyl (C=O) groups excluding carboxylic acids is 2. The minimum Gasteiger partial charge on any atom is -0.726 e. The summed E-state index contributed by atoms with van der Waals surface area (Å²) in [7, 11) is -4.30. The predicted octanol–water partition coefficient (Wildman–Crippen LogP) is -4.48. The molecule has 10 rings (SSSR count). The van der Waals surface area contributed by atoms with Crippen molar-refractivity contribution in [1.29, 1.82) is 0 Å². The second-order valence-corrected chi connectivity index (χ2v) is 28.6. The molecule has 10 aliphatic rings. The van der Waals surface area contributed by atoms with Gasteiger partial charge < -0.3 is 117 Å². The summed E-state index contributed by atoms with van der Waals surface area (Å²) in [6.07, 6.45) is -28.8. The largest absolute Gasteiger partial charge is 1.00 e. The number of aliphatic hydroxyl groups is 10. The molecule has 0 radical (unpaired) electrons. The maximum atomic E-state index is 14.7. The Labute approximate surface area is 550 Å². The van der Waals surface area contributed by atoms with Crippen LogP contribution in [0, 0.1) is 39.4 Å². The topological polar surface area (TPSA) is 423 Å². The van der Waals surface area contributed by atoms with E-state index in [1.165, 1.54) is 21.0 Å². The van der Waals surface area contributed by atoms with Crippen LogP contribution in [0.3, 0.4) is 0 Å². The van der Waals surface area contributed by atoms with E-state index in [2.05, 4.69) is 19.9 Å². The molecule has 4 aliphatic carbocycles. The number of rotatable bonds is 17. The summed E-state index contributed by atoms with van der Waals surface area (Å²) in [5.74, 6) is -1.38. The fourth-order valence-electron chi connectivity index (χ4n) is 17.1. The molecule has 3 saturated carbocycles. The standard InChI is InChI=1S/C60H92O29S.Na/c1-25(2)12-11-17-59(9)49-32(81-27(4)62)20-58(8)29-13-14-35-56(5,6)36(16-18-57(35,7)28(29)15-19-60(49,58)55(72)88-59)83-53-47(39(67)34(24-79-53)89-90(73,74)75)87-54-48(86-50-40(68)37(65)30(63)22-77-50)41(69)44(26(3)80-54)84-52-43(71)46(38(66)33(21-61)82-52)85-51-42(70)45(76-10)31(64)23-78-51;/h11-13,17,26,28,30-54,61,63-71H,14-16,18-24H2,1-10H3,(H,73,74,75);/q;+1/p-1/b17-11+;/t26?,28?,30?,31?,32?,33?,34?,35?,36?,37?,38?,39?,40?,41?,42?,43?,44?,45?,46?,47?,48?,49?,50?,51?,52?,53?,54?,57?,58-,59-,60?;/m0./s1. The number of fused-ring (bicyclic) bond motifs is 4. The van der Waals surface area contributed by atoms with Crippen molar-refractivity contribution >= 4 is 22.3 Å². The minimum absolute atomic E-state index is 0. The summed E-state index contributed by atoms with van der Waals surface area (Å²) in [6.45, 7) is 14.5. The first-order valence-corrected chi connectivity index (χ1v) is 32.3. The normalized spacial score (nSPS) is 49.7. The fourth-order valence-corrected chi connectivity index (χ4v) is 17.6. The zero-order valence-corrected chi connectivity index (χ0v) is 55.9. The summed E-state index contributed by atoms with van der Waals surface area (Å²) in [5, 5.41) is 111. The fraction of sp³-hybridized carbons (Fsp3) is 0.867. The number of aliphatic hydroxyl groups excluding tert-OH is 10. The Morgan fingerprint density at radius 3 is 1.97 bits per heavy atom. The van der Waals surface area contributed by atoms with Gasteiger partial charge in [-0.15, -0.1) is 0 Å². The number of cyclic esters (lactones) is 1. The molecule has 0 aromatic carbocycles. The maximum absolute atomic E-state index is 14.7. The predicted molar refractivity (Wildman–Crippen MR) is 300 cm³/mol. The van der Waals surface area contributed by atoms with E-state index in [-0.39, 0.29) is 54.0 Å². The van der Waals surface area contributed by atoms with Crippen LogP contribution in [0.5, 0.6) is 0 Å². The number of hydrogen-bond acceptors (Lipinski definition) is 29. The number of allylic oxidation sites excluding steroid dienone is 5. The Morgan fingerprint density at radius 1 is 0.703 bits per heavy atom. The van der Waals surface area contributed by atoms with Crippen molar-refractivity contribution in [3.63, 3.8) is 0 Å². The first-order chi connectivity index (χ1) is 42.2. The molecule has 0 bridgehead atoms. The molecule has 10 N–H and O–H groups in total. The van der Waals surface area contributed by atoms with E-state index in [1.807, 2.05) is 52.8 Å². The molecule has 9 fully saturated rings. The Balaban J connectivity index is 0.00000980. The average molecular weight is 1330 g/mol. The quantitative estimate of drug-likeness (QED) is 0.0164. The van der Waals surface area contributed by atoms with Crippen LogP contribution in [-0.4, -0.2) is 263 Å². The van der Waals surface area contributed by atoms with Crippen LogP contribution in [0.1, 0.15) is 101 Å². The molecule has 0 amide bonds. The summed E-state index contributed by atoms with van der Waals surface area (Å²) in [5.41, 5.74) is -1.78. The Hall–Kier alpha value is -1.81. The van der Waals surface area contributed by atoms with Crippen LogP contribution in [0.25, 0.3) is 0 Å². The van der Waals surface area contributed by atoms with Gasteiger partial charge in [0.15, 0.2) is 31.5 Å². The molecular formula is C60H91NaO29S. The molecule has 0 aromatic rings. The number of ether oxygens (including phenoxy) is 13. The second-order valence-electron chi connectivity index (χ2n) is 27.6. The van der Waals surface area contributed by atoms with Crippen molar-refractivity contribution in [1.82, 2.24) is 0 Å². The Kier molecular flexibility index (Phi) is 22.5. The van der Waals surface area contributed by atoms with E-state index in [1.54, 1.807) is 0 Å². The maximum Gasteiger partial charge on any atom is 1.00 e. The van der Waals surface area contributed by atoms with Gasteiger partial charge in [-0.05, 0) is 95.0 Å². The van der Waals surface area contributed by atoms with Crippen molar-refractivity contribution in [2.24, 2.45) is 39.4 Å². The molecule has 1 spiro atoms. The summed E-state index contributed by atoms with van der Waals surface area (Å²) < 4.78 is 120. The van der Waals surface area contributed by atoms with E-state index in [0.717, 1.165) is 11.1 Å². The molecule has 31 heteroatoms. The third-order valence-electron chi connectivity index (χ3n) is 21.5. The zero-order valence-electron chi connectivity index (χ0n) is 53.1. The van der Waals surface area contributed by atoms with E-state index in [0.29, 0.717) is 38.5 Å². The van der Waals surface area contributed by atoms with E-state index >= 15 is 0 Å². The molecule has 512 valence electrons.